The van der Waals surface area contributed by atoms with E-state index in [0.717, 1.165) is 16.6 Å². The SMILES string of the molecule is Oc1ccc(N=Nc2cc(-c3ccccc3)[nH]n2)c2cccnc12. The summed E-state index contributed by atoms with van der Waals surface area (Å²) in [5.74, 6) is 0.606. The lowest BCUT2D eigenvalue weighted by atomic mass is 10.1. The summed E-state index contributed by atoms with van der Waals surface area (Å²) in [5.41, 5.74) is 3.04. The van der Waals surface area contributed by atoms with Crippen molar-refractivity contribution in [2.75, 3.05) is 0 Å². The van der Waals surface area contributed by atoms with E-state index in [1.165, 1.54) is 0 Å². The van der Waals surface area contributed by atoms with Crippen LogP contribution in [0.25, 0.3) is 22.2 Å². The largest absolute Gasteiger partial charge is 0.506 e. The molecule has 4 aromatic rings. The van der Waals surface area contributed by atoms with Crippen molar-refractivity contribution >= 4 is 22.4 Å². The topological polar surface area (TPSA) is 86.5 Å². The maximum Gasteiger partial charge on any atom is 0.196 e. The molecular weight excluding hydrogens is 302 g/mol. The molecule has 0 saturated heterocycles. The summed E-state index contributed by atoms with van der Waals surface area (Å²) >= 11 is 0. The highest BCUT2D eigenvalue weighted by molar-refractivity contribution is 5.93. The van der Waals surface area contributed by atoms with E-state index in [-0.39, 0.29) is 5.75 Å². The van der Waals surface area contributed by atoms with Gasteiger partial charge in [-0.1, -0.05) is 30.3 Å². The maximum absolute atomic E-state index is 9.86. The molecule has 2 N–H and O–H groups in total. The van der Waals surface area contributed by atoms with Gasteiger partial charge in [0, 0.05) is 17.6 Å². The number of nitrogens with one attached hydrogen (secondary N) is 1. The van der Waals surface area contributed by atoms with Crippen LogP contribution in [0.1, 0.15) is 0 Å². The second-order valence-corrected chi connectivity index (χ2v) is 5.21. The Balaban J connectivity index is 1.67. The number of nitrogens with zero attached hydrogens (tertiary/aromatic N) is 4. The second kappa shape index (κ2) is 5.92. The molecule has 0 aliphatic rings. The Labute approximate surface area is 137 Å². The molecule has 0 aliphatic carbocycles. The summed E-state index contributed by atoms with van der Waals surface area (Å²) in [5, 5.41) is 26.1. The summed E-state index contributed by atoms with van der Waals surface area (Å²) in [4.78, 5) is 4.17. The summed E-state index contributed by atoms with van der Waals surface area (Å²) < 4.78 is 0. The molecular formula is C18H13N5O. The van der Waals surface area contributed by atoms with Crippen LogP contribution in [-0.4, -0.2) is 20.3 Å². The van der Waals surface area contributed by atoms with E-state index in [4.69, 9.17) is 0 Å². The highest BCUT2D eigenvalue weighted by Gasteiger charge is 2.06. The molecule has 0 saturated carbocycles. The zero-order valence-corrected chi connectivity index (χ0v) is 12.6. The quantitative estimate of drug-likeness (QED) is 0.535. The lowest BCUT2D eigenvalue weighted by Gasteiger charge is -2.01. The zero-order chi connectivity index (χ0) is 16.4. The third-order valence-corrected chi connectivity index (χ3v) is 3.63. The number of phenolic OH excluding ortho intramolecular Hbond substituents is 1. The van der Waals surface area contributed by atoms with Gasteiger partial charge in [-0.2, -0.15) is 5.10 Å². The van der Waals surface area contributed by atoms with E-state index >= 15 is 0 Å². The van der Waals surface area contributed by atoms with Crippen LogP contribution in [0.5, 0.6) is 5.75 Å². The number of aromatic hydroxyl groups is 1. The second-order valence-electron chi connectivity index (χ2n) is 5.21. The van der Waals surface area contributed by atoms with Gasteiger partial charge >= 0.3 is 0 Å². The number of rotatable bonds is 3. The summed E-state index contributed by atoms with van der Waals surface area (Å²) in [6.45, 7) is 0. The molecule has 4 rings (SSSR count). The van der Waals surface area contributed by atoms with Crippen LogP contribution in [0.15, 0.2) is 77.1 Å². The zero-order valence-electron chi connectivity index (χ0n) is 12.6. The molecule has 116 valence electrons. The number of pyridine rings is 1. The van der Waals surface area contributed by atoms with Gasteiger partial charge in [-0.3, -0.25) is 10.1 Å². The Kier molecular flexibility index (Phi) is 3.47. The van der Waals surface area contributed by atoms with Crippen LogP contribution in [-0.2, 0) is 0 Å². The number of H-pyrrole nitrogens is 1. The van der Waals surface area contributed by atoms with E-state index in [0.29, 0.717) is 17.0 Å². The Hall–Kier alpha value is -3.54. The number of azo groups is 1. The van der Waals surface area contributed by atoms with Gasteiger partial charge in [0.2, 0.25) is 0 Å². The molecule has 24 heavy (non-hydrogen) atoms. The number of aromatic nitrogens is 3. The molecule has 2 aromatic heterocycles. The molecule has 0 spiro atoms. The average molecular weight is 315 g/mol. The molecule has 0 bridgehead atoms. The van der Waals surface area contributed by atoms with E-state index < -0.39 is 0 Å². The van der Waals surface area contributed by atoms with Crippen molar-refractivity contribution in [3.8, 4) is 17.0 Å². The smallest absolute Gasteiger partial charge is 0.196 e. The lowest BCUT2D eigenvalue weighted by molar-refractivity contribution is 0.480. The van der Waals surface area contributed by atoms with E-state index in [1.54, 1.807) is 24.4 Å². The molecule has 0 atom stereocenters. The van der Waals surface area contributed by atoms with E-state index in [2.05, 4.69) is 25.4 Å². The van der Waals surface area contributed by atoms with Crippen molar-refractivity contribution in [3.63, 3.8) is 0 Å². The molecule has 0 unspecified atom stereocenters. The lowest BCUT2D eigenvalue weighted by Crippen LogP contribution is -1.79. The van der Waals surface area contributed by atoms with Gasteiger partial charge in [-0.15, -0.1) is 10.2 Å². The van der Waals surface area contributed by atoms with Crippen LogP contribution < -0.4 is 0 Å². The number of phenols is 1. The molecule has 6 heteroatoms. The molecule has 2 heterocycles. The number of hydrogen-bond donors (Lipinski definition) is 2. The Bertz CT molecular complexity index is 1020. The number of fused-ring (bicyclic) bond motifs is 1. The molecule has 0 aliphatic heterocycles. The van der Waals surface area contributed by atoms with Crippen molar-refractivity contribution in [1.82, 2.24) is 15.2 Å². The third kappa shape index (κ3) is 2.61. The predicted octanol–water partition coefficient (Wildman–Crippen LogP) is 4.75. The van der Waals surface area contributed by atoms with E-state index in [1.807, 2.05) is 42.5 Å². The predicted molar refractivity (Wildman–Crippen MR) is 91.6 cm³/mol. The van der Waals surface area contributed by atoms with Crippen molar-refractivity contribution in [3.05, 3.63) is 66.9 Å². The van der Waals surface area contributed by atoms with Gasteiger partial charge in [0.15, 0.2) is 5.82 Å². The van der Waals surface area contributed by atoms with Crippen molar-refractivity contribution in [2.45, 2.75) is 0 Å². The van der Waals surface area contributed by atoms with Gasteiger partial charge in [-0.25, -0.2) is 0 Å². The third-order valence-electron chi connectivity index (χ3n) is 3.63. The molecule has 0 amide bonds. The maximum atomic E-state index is 9.86. The first-order chi connectivity index (χ1) is 11.8. The van der Waals surface area contributed by atoms with Crippen LogP contribution in [0.3, 0.4) is 0 Å². The molecule has 2 aromatic carbocycles. The van der Waals surface area contributed by atoms with Crippen LogP contribution >= 0.6 is 0 Å². The van der Waals surface area contributed by atoms with Crippen molar-refractivity contribution in [1.29, 1.82) is 0 Å². The van der Waals surface area contributed by atoms with Gasteiger partial charge in [0.25, 0.3) is 0 Å². The normalized spacial score (nSPS) is 11.3. The van der Waals surface area contributed by atoms with Crippen LogP contribution in [0, 0.1) is 0 Å². The fourth-order valence-electron chi connectivity index (χ4n) is 2.46. The van der Waals surface area contributed by atoms with Gasteiger partial charge in [-0.05, 0) is 29.8 Å². The number of aromatic amines is 1. The minimum Gasteiger partial charge on any atom is -0.506 e. The fraction of sp³-hybridized carbons (Fsp3) is 0. The minimum atomic E-state index is 0.121. The fourth-order valence-corrected chi connectivity index (χ4v) is 2.46. The molecule has 6 nitrogen and oxygen atoms in total. The Morgan fingerprint density at radius 1 is 0.917 bits per heavy atom. The number of benzene rings is 2. The first-order valence-corrected chi connectivity index (χ1v) is 7.40. The van der Waals surface area contributed by atoms with Gasteiger partial charge in [0.1, 0.15) is 11.3 Å². The first-order valence-electron chi connectivity index (χ1n) is 7.40. The Morgan fingerprint density at radius 2 is 1.79 bits per heavy atom. The van der Waals surface area contributed by atoms with Gasteiger partial charge < -0.3 is 5.11 Å². The molecule has 0 radical (unpaired) electrons. The van der Waals surface area contributed by atoms with Gasteiger partial charge in [0.05, 0.1) is 11.4 Å². The Morgan fingerprint density at radius 3 is 2.67 bits per heavy atom. The number of hydrogen-bond acceptors (Lipinski definition) is 5. The summed E-state index contributed by atoms with van der Waals surface area (Å²) in [6, 6.07) is 18.6. The highest BCUT2D eigenvalue weighted by atomic mass is 16.3. The first kappa shape index (κ1) is 14.1. The summed E-state index contributed by atoms with van der Waals surface area (Å²) in [6.07, 6.45) is 1.63. The standard InChI is InChI=1S/C18H13N5O/c24-16-9-8-14(13-7-4-10-19-18(13)16)20-22-17-11-15(21-23-17)12-5-2-1-3-6-12/h1-11,24H,(H,21,23). The average Bonchev–Trinajstić information content (AvgIpc) is 3.11. The van der Waals surface area contributed by atoms with Crippen LogP contribution in [0.2, 0.25) is 0 Å². The highest BCUT2D eigenvalue weighted by Crippen LogP contribution is 2.32. The van der Waals surface area contributed by atoms with E-state index in [9.17, 15) is 5.11 Å². The molecule has 0 fully saturated rings. The minimum absolute atomic E-state index is 0.121. The van der Waals surface area contributed by atoms with Crippen molar-refractivity contribution < 1.29 is 5.11 Å². The monoisotopic (exact) mass is 315 g/mol. The van der Waals surface area contributed by atoms with Crippen molar-refractivity contribution in [2.24, 2.45) is 10.2 Å². The summed E-state index contributed by atoms with van der Waals surface area (Å²) in [7, 11) is 0. The van der Waals surface area contributed by atoms with Crippen LogP contribution in [0.4, 0.5) is 11.5 Å².